The van der Waals surface area contributed by atoms with E-state index in [1.807, 2.05) is 31.2 Å². The Morgan fingerprint density at radius 1 is 1.20 bits per heavy atom. The number of benzene rings is 2. The standard InChI is InChI=1S/C19H20FNO4/c1-13-10-21(19(22)25-13)11-14-3-6-16(7-4-14)24-12-15-5-8-17(20)18(9-15)23-2/h3-9,13H,10-12H2,1-2H3. The van der Waals surface area contributed by atoms with Crippen molar-refractivity contribution < 1.29 is 23.4 Å². The molecule has 5 nitrogen and oxygen atoms in total. The van der Waals surface area contributed by atoms with Crippen LogP contribution in [0.2, 0.25) is 0 Å². The van der Waals surface area contributed by atoms with E-state index >= 15 is 0 Å². The molecule has 0 aromatic heterocycles. The summed E-state index contributed by atoms with van der Waals surface area (Å²) in [4.78, 5) is 13.3. The van der Waals surface area contributed by atoms with Crippen LogP contribution in [0.4, 0.5) is 9.18 Å². The Bertz CT molecular complexity index is 748. The fourth-order valence-electron chi connectivity index (χ4n) is 2.67. The molecule has 1 heterocycles. The van der Waals surface area contributed by atoms with E-state index in [1.165, 1.54) is 13.2 Å². The number of ether oxygens (including phenoxy) is 3. The first-order valence-electron chi connectivity index (χ1n) is 8.05. The number of cyclic esters (lactones) is 1. The SMILES string of the molecule is COc1cc(COc2ccc(CN3CC(C)OC3=O)cc2)ccc1F. The van der Waals surface area contributed by atoms with Gasteiger partial charge >= 0.3 is 6.09 Å². The summed E-state index contributed by atoms with van der Waals surface area (Å²) < 4.78 is 29.2. The lowest BCUT2D eigenvalue weighted by molar-refractivity contribution is 0.137. The number of nitrogens with zero attached hydrogens (tertiary/aromatic N) is 1. The number of methoxy groups -OCH3 is 1. The Labute approximate surface area is 145 Å². The molecule has 1 saturated heterocycles. The van der Waals surface area contributed by atoms with Crippen LogP contribution in [0.3, 0.4) is 0 Å². The van der Waals surface area contributed by atoms with Crippen molar-refractivity contribution in [3.8, 4) is 11.5 Å². The van der Waals surface area contributed by atoms with Gasteiger partial charge in [0.15, 0.2) is 11.6 Å². The van der Waals surface area contributed by atoms with Gasteiger partial charge in [-0.25, -0.2) is 9.18 Å². The minimum Gasteiger partial charge on any atom is -0.494 e. The maximum atomic E-state index is 13.4. The van der Waals surface area contributed by atoms with Crippen LogP contribution in [-0.4, -0.2) is 30.8 Å². The summed E-state index contributed by atoms with van der Waals surface area (Å²) in [6.07, 6.45) is -0.346. The zero-order chi connectivity index (χ0) is 17.8. The van der Waals surface area contributed by atoms with Gasteiger partial charge in [-0.2, -0.15) is 0 Å². The number of amides is 1. The smallest absolute Gasteiger partial charge is 0.410 e. The minimum atomic E-state index is -0.398. The highest BCUT2D eigenvalue weighted by Crippen LogP contribution is 2.21. The predicted octanol–water partition coefficient (Wildman–Crippen LogP) is 3.75. The second-order valence-electron chi connectivity index (χ2n) is 5.98. The molecule has 0 radical (unpaired) electrons. The largest absolute Gasteiger partial charge is 0.494 e. The molecule has 0 spiro atoms. The van der Waals surface area contributed by atoms with Gasteiger partial charge in [-0.05, 0) is 42.3 Å². The van der Waals surface area contributed by atoms with Crippen molar-refractivity contribution in [3.63, 3.8) is 0 Å². The molecule has 1 fully saturated rings. The molecule has 25 heavy (non-hydrogen) atoms. The van der Waals surface area contributed by atoms with Gasteiger partial charge in [-0.3, -0.25) is 0 Å². The lowest BCUT2D eigenvalue weighted by Gasteiger charge is -2.13. The molecule has 1 atom stereocenters. The fraction of sp³-hybridized carbons (Fsp3) is 0.316. The summed E-state index contributed by atoms with van der Waals surface area (Å²) in [6, 6.07) is 12.2. The lowest BCUT2D eigenvalue weighted by Crippen LogP contribution is -2.24. The van der Waals surface area contributed by atoms with Gasteiger partial charge in [-0.1, -0.05) is 18.2 Å². The highest BCUT2D eigenvalue weighted by atomic mass is 19.1. The molecule has 3 rings (SSSR count). The topological polar surface area (TPSA) is 48.0 Å². The van der Waals surface area contributed by atoms with Crippen molar-refractivity contribution in [2.45, 2.75) is 26.2 Å². The Morgan fingerprint density at radius 3 is 2.56 bits per heavy atom. The van der Waals surface area contributed by atoms with Crippen molar-refractivity contribution in [2.75, 3.05) is 13.7 Å². The molecule has 132 valence electrons. The molecule has 1 unspecified atom stereocenters. The number of carbonyl (C=O) groups excluding carboxylic acids is 1. The molecule has 0 saturated carbocycles. The fourth-order valence-corrected chi connectivity index (χ4v) is 2.67. The first-order chi connectivity index (χ1) is 12.0. The van der Waals surface area contributed by atoms with Gasteiger partial charge in [0.05, 0.1) is 13.7 Å². The Balaban J connectivity index is 1.57. The Kier molecular flexibility index (Phi) is 5.07. The average Bonchev–Trinajstić information content (AvgIpc) is 2.92. The summed E-state index contributed by atoms with van der Waals surface area (Å²) in [6.45, 7) is 3.30. The molecule has 0 aliphatic carbocycles. The number of carbonyl (C=O) groups is 1. The summed E-state index contributed by atoms with van der Waals surface area (Å²) in [5.74, 6) is 0.498. The molecule has 6 heteroatoms. The van der Waals surface area contributed by atoms with E-state index in [1.54, 1.807) is 17.0 Å². The van der Waals surface area contributed by atoms with Crippen LogP contribution in [0.25, 0.3) is 0 Å². The third-order valence-corrected chi connectivity index (χ3v) is 3.96. The maximum absolute atomic E-state index is 13.4. The summed E-state index contributed by atoms with van der Waals surface area (Å²) in [7, 11) is 1.43. The maximum Gasteiger partial charge on any atom is 0.410 e. The van der Waals surface area contributed by atoms with Crippen molar-refractivity contribution >= 4 is 6.09 Å². The highest BCUT2D eigenvalue weighted by Gasteiger charge is 2.27. The van der Waals surface area contributed by atoms with Gasteiger partial charge in [0.1, 0.15) is 18.5 Å². The van der Waals surface area contributed by atoms with Gasteiger partial charge in [0, 0.05) is 6.54 Å². The Hall–Kier alpha value is -2.76. The van der Waals surface area contributed by atoms with Crippen LogP contribution in [0, 0.1) is 5.82 Å². The molecule has 1 amide bonds. The molecule has 0 N–H and O–H groups in total. The third-order valence-electron chi connectivity index (χ3n) is 3.96. The highest BCUT2D eigenvalue weighted by molar-refractivity contribution is 5.69. The molecule has 0 bridgehead atoms. The van der Waals surface area contributed by atoms with E-state index in [-0.39, 0.29) is 17.9 Å². The third kappa shape index (κ3) is 4.21. The van der Waals surface area contributed by atoms with Crippen molar-refractivity contribution in [3.05, 3.63) is 59.4 Å². The van der Waals surface area contributed by atoms with Crippen LogP contribution in [-0.2, 0) is 17.9 Å². The van der Waals surface area contributed by atoms with E-state index in [9.17, 15) is 9.18 Å². The van der Waals surface area contributed by atoms with E-state index in [4.69, 9.17) is 14.2 Å². The number of rotatable bonds is 6. The number of hydrogen-bond donors (Lipinski definition) is 0. The number of halogens is 1. The van der Waals surface area contributed by atoms with Gasteiger partial charge in [0.2, 0.25) is 0 Å². The van der Waals surface area contributed by atoms with Crippen LogP contribution in [0.15, 0.2) is 42.5 Å². The second kappa shape index (κ2) is 7.42. The van der Waals surface area contributed by atoms with Crippen LogP contribution >= 0.6 is 0 Å². The Morgan fingerprint density at radius 2 is 1.92 bits per heavy atom. The van der Waals surface area contributed by atoms with Crippen LogP contribution < -0.4 is 9.47 Å². The zero-order valence-corrected chi connectivity index (χ0v) is 14.2. The molecule has 1 aliphatic rings. The van der Waals surface area contributed by atoms with Crippen molar-refractivity contribution in [1.29, 1.82) is 0 Å². The van der Waals surface area contributed by atoms with Gasteiger partial charge in [0.25, 0.3) is 0 Å². The van der Waals surface area contributed by atoms with E-state index in [0.717, 1.165) is 11.1 Å². The molecule has 2 aromatic rings. The minimum absolute atomic E-state index is 0.0668. The molecule has 1 aliphatic heterocycles. The van der Waals surface area contributed by atoms with Crippen molar-refractivity contribution in [1.82, 2.24) is 4.90 Å². The number of hydrogen-bond acceptors (Lipinski definition) is 4. The molecular formula is C19H20FNO4. The van der Waals surface area contributed by atoms with Gasteiger partial charge < -0.3 is 19.1 Å². The van der Waals surface area contributed by atoms with E-state index < -0.39 is 5.82 Å². The second-order valence-corrected chi connectivity index (χ2v) is 5.98. The van der Waals surface area contributed by atoms with E-state index in [2.05, 4.69) is 0 Å². The quantitative estimate of drug-likeness (QED) is 0.800. The molecular weight excluding hydrogens is 325 g/mol. The van der Waals surface area contributed by atoms with E-state index in [0.29, 0.717) is 25.4 Å². The van der Waals surface area contributed by atoms with Crippen LogP contribution in [0.1, 0.15) is 18.1 Å². The van der Waals surface area contributed by atoms with Gasteiger partial charge in [-0.15, -0.1) is 0 Å². The molecule has 2 aromatic carbocycles. The predicted molar refractivity (Wildman–Crippen MR) is 90.1 cm³/mol. The van der Waals surface area contributed by atoms with Crippen molar-refractivity contribution in [2.24, 2.45) is 0 Å². The monoisotopic (exact) mass is 345 g/mol. The first kappa shape index (κ1) is 17.1. The lowest BCUT2D eigenvalue weighted by atomic mass is 10.2. The summed E-state index contributed by atoms with van der Waals surface area (Å²) in [5.41, 5.74) is 1.82. The first-order valence-corrected chi connectivity index (χ1v) is 8.05. The summed E-state index contributed by atoms with van der Waals surface area (Å²) in [5, 5.41) is 0. The normalized spacial score (nSPS) is 16.7. The summed E-state index contributed by atoms with van der Waals surface area (Å²) >= 11 is 0. The van der Waals surface area contributed by atoms with Crippen LogP contribution in [0.5, 0.6) is 11.5 Å². The zero-order valence-electron chi connectivity index (χ0n) is 14.2. The average molecular weight is 345 g/mol.